The van der Waals surface area contributed by atoms with E-state index in [0.717, 1.165) is 25.4 Å². The molecule has 0 amide bonds. The van der Waals surface area contributed by atoms with E-state index >= 15 is 0 Å². The van der Waals surface area contributed by atoms with Crippen LogP contribution < -0.4 is 5.32 Å². The monoisotopic (exact) mass is 233 g/mol. The first-order valence-corrected chi connectivity index (χ1v) is 7.94. The minimum Gasteiger partial charge on any atom is -0.314 e. The molecule has 1 saturated carbocycles. The van der Waals surface area contributed by atoms with Crippen LogP contribution in [0.3, 0.4) is 0 Å². The summed E-state index contributed by atoms with van der Waals surface area (Å²) in [7, 11) is -2.76. The molecule has 0 heterocycles. The van der Waals surface area contributed by atoms with E-state index in [4.69, 9.17) is 0 Å². The van der Waals surface area contributed by atoms with Crippen molar-refractivity contribution in [1.29, 1.82) is 0 Å². The first kappa shape index (κ1) is 13.0. The third-order valence-corrected chi connectivity index (χ3v) is 4.10. The van der Waals surface area contributed by atoms with Crippen LogP contribution in [0.1, 0.15) is 39.0 Å². The predicted molar refractivity (Wildman–Crippen MR) is 63.8 cm³/mol. The Morgan fingerprint density at radius 2 is 2.07 bits per heavy atom. The number of nitrogens with one attached hydrogen (secondary N) is 1. The van der Waals surface area contributed by atoms with Crippen LogP contribution in [0.15, 0.2) is 0 Å². The van der Waals surface area contributed by atoms with Gasteiger partial charge in [-0.1, -0.05) is 13.3 Å². The fraction of sp³-hybridized carbons (Fsp3) is 1.00. The Balaban J connectivity index is 2.00. The highest BCUT2D eigenvalue weighted by molar-refractivity contribution is 7.90. The van der Waals surface area contributed by atoms with E-state index in [2.05, 4.69) is 12.2 Å². The Hall–Kier alpha value is -0.0900. The third kappa shape index (κ3) is 6.15. The molecule has 1 atom stereocenters. The summed E-state index contributed by atoms with van der Waals surface area (Å²) in [5, 5.41) is 3.52. The lowest BCUT2D eigenvalue weighted by atomic mass is 9.92. The molecule has 0 aromatic heterocycles. The molecule has 1 rings (SSSR count). The van der Waals surface area contributed by atoms with Crippen molar-refractivity contribution < 1.29 is 8.42 Å². The minimum absolute atomic E-state index is 0.334. The molecule has 1 unspecified atom stereocenters. The van der Waals surface area contributed by atoms with Crippen LogP contribution in [0.2, 0.25) is 0 Å². The van der Waals surface area contributed by atoms with Crippen molar-refractivity contribution in [3.8, 4) is 0 Å². The van der Waals surface area contributed by atoms with Gasteiger partial charge in [-0.15, -0.1) is 0 Å². The molecule has 0 aromatic rings. The number of sulfone groups is 1. The summed E-state index contributed by atoms with van der Waals surface area (Å²) < 4.78 is 21.8. The maximum absolute atomic E-state index is 10.9. The highest BCUT2D eigenvalue weighted by Crippen LogP contribution is 2.18. The van der Waals surface area contributed by atoms with E-state index < -0.39 is 9.84 Å². The summed E-state index contributed by atoms with van der Waals surface area (Å²) in [6, 6.07) is 0.738. The maximum atomic E-state index is 10.9. The zero-order valence-corrected chi connectivity index (χ0v) is 10.6. The van der Waals surface area contributed by atoms with Gasteiger partial charge in [-0.3, -0.25) is 0 Å². The summed E-state index contributed by atoms with van der Waals surface area (Å²) >= 11 is 0. The molecule has 1 aliphatic rings. The van der Waals surface area contributed by atoms with Gasteiger partial charge >= 0.3 is 0 Å². The SMILES string of the molecule is CC(CCCS(C)(=O)=O)CNC1CCC1. The van der Waals surface area contributed by atoms with Crippen molar-refractivity contribution in [2.75, 3.05) is 18.6 Å². The van der Waals surface area contributed by atoms with Crippen LogP contribution in [0.4, 0.5) is 0 Å². The molecule has 1 aliphatic carbocycles. The second-order valence-corrected chi connectivity index (χ2v) is 7.17. The third-order valence-electron chi connectivity index (χ3n) is 3.07. The standard InChI is InChI=1S/C11H23NO2S/c1-10(5-4-8-15(2,13)14)9-12-11-6-3-7-11/h10-12H,3-9H2,1-2H3. The predicted octanol–water partition coefficient (Wildman–Crippen LogP) is 1.59. The lowest BCUT2D eigenvalue weighted by Gasteiger charge is -2.28. The summed E-state index contributed by atoms with van der Waals surface area (Å²) in [5.74, 6) is 0.924. The van der Waals surface area contributed by atoms with Crippen molar-refractivity contribution in [2.24, 2.45) is 5.92 Å². The van der Waals surface area contributed by atoms with Crippen molar-refractivity contribution in [3.05, 3.63) is 0 Å². The van der Waals surface area contributed by atoms with Gasteiger partial charge in [-0.2, -0.15) is 0 Å². The lowest BCUT2D eigenvalue weighted by Crippen LogP contribution is -2.37. The van der Waals surface area contributed by atoms with Gasteiger partial charge in [0.05, 0.1) is 0 Å². The maximum Gasteiger partial charge on any atom is 0.147 e. The van der Waals surface area contributed by atoms with E-state index in [1.54, 1.807) is 0 Å². The normalized spacial score (nSPS) is 19.9. The number of rotatable bonds is 7. The molecule has 4 heteroatoms. The Bertz CT molecular complexity index is 270. The van der Waals surface area contributed by atoms with Gasteiger partial charge < -0.3 is 5.32 Å². The number of hydrogen-bond donors (Lipinski definition) is 1. The Morgan fingerprint density at radius 1 is 1.40 bits per heavy atom. The summed E-state index contributed by atoms with van der Waals surface area (Å²) in [6.07, 6.45) is 7.11. The van der Waals surface area contributed by atoms with E-state index in [1.807, 2.05) is 0 Å². The van der Waals surface area contributed by atoms with Crippen LogP contribution in [0.25, 0.3) is 0 Å². The molecule has 1 N–H and O–H groups in total. The molecule has 0 spiro atoms. The molecule has 0 saturated heterocycles. The molecule has 0 bridgehead atoms. The second kappa shape index (κ2) is 5.85. The zero-order chi connectivity index (χ0) is 11.3. The lowest BCUT2D eigenvalue weighted by molar-refractivity contribution is 0.316. The summed E-state index contributed by atoms with van der Waals surface area (Å²) in [6.45, 7) is 3.22. The second-order valence-electron chi connectivity index (χ2n) is 4.91. The molecule has 15 heavy (non-hydrogen) atoms. The fourth-order valence-corrected chi connectivity index (χ4v) is 2.47. The Kier molecular flexibility index (Phi) is 5.06. The van der Waals surface area contributed by atoms with Crippen molar-refractivity contribution in [1.82, 2.24) is 5.32 Å². The van der Waals surface area contributed by atoms with Gasteiger partial charge in [0.2, 0.25) is 0 Å². The van der Waals surface area contributed by atoms with Crippen LogP contribution in [-0.4, -0.2) is 33.0 Å². The quantitative estimate of drug-likeness (QED) is 0.726. The van der Waals surface area contributed by atoms with E-state index in [0.29, 0.717) is 11.7 Å². The van der Waals surface area contributed by atoms with E-state index in [-0.39, 0.29) is 0 Å². The average molecular weight is 233 g/mol. The average Bonchev–Trinajstić information content (AvgIpc) is 1.98. The zero-order valence-electron chi connectivity index (χ0n) is 9.83. The molecule has 1 fully saturated rings. The van der Waals surface area contributed by atoms with E-state index in [1.165, 1.54) is 25.5 Å². The van der Waals surface area contributed by atoms with Crippen molar-refractivity contribution in [2.45, 2.75) is 45.1 Å². The van der Waals surface area contributed by atoms with Gasteiger partial charge in [-0.05, 0) is 38.1 Å². The topological polar surface area (TPSA) is 46.2 Å². The van der Waals surface area contributed by atoms with Crippen molar-refractivity contribution >= 4 is 9.84 Å². The molecule has 0 aromatic carbocycles. The molecule has 0 radical (unpaired) electrons. The highest BCUT2D eigenvalue weighted by atomic mass is 32.2. The first-order chi connectivity index (χ1) is 6.97. The van der Waals surface area contributed by atoms with Gasteiger partial charge in [0.1, 0.15) is 9.84 Å². The fourth-order valence-electron chi connectivity index (χ4n) is 1.78. The summed E-state index contributed by atoms with van der Waals surface area (Å²) in [5.41, 5.74) is 0. The summed E-state index contributed by atoms with van der Waals surface area (Å²) in [4.78, 5) is 0. The van der Waals surface area contributed by atoms with Crippen LogP contribution >= 0.6 is 0 Å². The molecular formula is C11H23NO2S. The highest BCUT2D eigenvalue weighted by Gasteiger charge is 2.17. The van der Waals surface area contributed by atoms with Gasteiger partial charge in [0.25, 0.3) is 0 Å². The van der Waals surface area contributed by atoms with Gasteiger partial charge in [0, 0.05) is 18.1 Å². The largest absolute Gasteiger partial charge is 0.314 e. The minimum atomic E-state index is -2.76. The van der Waals surface area contributed by atoms with Crippen LogP contribution in [0.5, 0.6) is 0 Å². The van der Waals surface area contributed by atoms with Crippen LogP contribution in [0, 0.1) is 5.92 Å². The van der Waals surface area contributed by atoms with Gasteiger partial charge in [-0.25, -0.2) is 8.42 Å². The van der Waals surface area contributed by atoms with Crippen molar-refractivity contribution in [3.63, 3.8) is 0 Å². The Labute approximate surface area is 93.6 Å². The molecule has 90 valence electrons. The molecular weight excluding hydrogens is 210 g/mol. The smallest absolute Gasteiger partial charge is 0.147 e. The molecule has 3 nitrogen and oxygen atoms in total. The van der Waals surface area contributed by atoms with Gasteiger partial charge in [0.15, 0.2) is 0 Å². The number of hydrogen-bond acceptors (Lipinski definition) is 3. The van der Waals surface area contributed by atoms with E-state index in [9.17, 15) is 8.42 Å². The first-order valence-electron chi connectivity index (χ1n) is 5.88. The Morgan fingerprint density at radius 3 is 2.53 bits per heavy atom. The molecule has 0 aliphatic heterocycles. The van der Waals surface area contributed by atoms with Crippen LogP contribution in [-0.2, 0) is 9.84 Å².